The Morgan fingerprint density at radius 2 is 2.09 bits per heavy atom. The molecule has 132 valence electrons. The molecule has 1 aliphatic carbocycles. The van der Waals surface area contributed by atoms with Gasteiger partial charge in [-0.25, -0.2) is 0 Å². The summed E-state index contributed by atoms with van der Waals surface area (Å²) in [6.45, 7) is 4.42. The number of rotatable bonds is 7. The summed E-state index contributed by atoms with van der Waals surface area (Å²) >= 11 is 0. The molecular weight excluding hydrogens is 294 g/mol. The number of hydrogen-bond acceptors (Lipinski definition) is 4. The van der Waals surface area contributed by atoms with Gasteiger partial charge in [0.15, 0.2) is 5.96 Å². The van der Waals surface area contributed by atoms with Crippen LogP contribution in [0.3, 0.4) is 0 Å². The molecule has 1 atom stereocenters. The smallest absolute Gasteiger partial charge is 0.306 e. The SMILES string of the molecule is CN=C(NCCCC(=O)OC1CCCC1)NCC1(C)CCCO1. The highest BCUT2D eigenvalue weighted by atomic mass is 16.5. The van der Waals surface area contributed by atoms with E-state index in [0.717, 1.165) is 51.2 Å². The van der Waals surface area contributed by atoms with Crippen LogP contribution in [0.2, 0.25) is 0 Å². The number of aliphatic imine (C=N–C) groups is 1. The minimum absolute atomic E-state index is 0.0755. The Kier molecular flexibility index (Phi) is 7.15. The predicted octanol–water partition coefficient (Wildman–Crippen LogP) is 1.99. The predicted molar refractivity (Wildman–Crippen MR) is 90.5 cm³/mol. The van der Waals surface area contributed by atoms with E-state index < -0.39 is 0 Å². The second-order valence-electron chi connectivity index (χ2n) is 6.75. The summed E-state index contributed by atoms with van der Waals surface area (Å²) in [6.07, 6.45) is 7.99. The van der Waals surface area contributed by atoms with Gasteiger partial charge < -0.3 is 20.1 Å². The van der Waals surface area contributed by atoms with Gasteiger partial charge in [-0.3, -0.25) is 9.79 Å². The number of nitrogens with zero attached hydrogens (tertiary/aromatic N) is 1. The molecule has 6 heteroatoms. The highest BCUT2D eigenvalue weighted by molar-refractivity contribution is 5.79. The first kappa shape index (κ1) is 18.0. The molecule has 0 amide bonds. The largest absolute Gasteiger partial charge is 0.462 e. The molecule has 0 aromatic carbocycles. The van der Waals surface area contributed by atoms with Gasteiger partial charge in [0.1, 0.15) is 6.10 Å². The van der Waals surface area contributed by atoms with Crippen LogP contribution < -0.4 is 10.6 Å². The molecule has 1 saturated carbocycles. The first-order valence-corrected chi connectivity index (χ1v) is 8.89. The lowest BCUT2D eigenvalue weighted by atomic mass is 10.0. The van der Waals surface area contributed by atoms with E-state index in [9.17, 15) is 4.79 Å². The van der Waals surface area contributed by atoms with E-state index in [-0.39, 0.29) is 17.7 Å². The van der Waals surface area contributed by atoms with Crippen molar-refractivity contribution < 1.29 is 14.3 Å². The number of esters is 1. The van der Waals surface area contributed by atoms with E-state index in [0.29, 0.717) is 13.0 Å². The van der Waals surface area contributed by atoms with Crippen molar-refractivity contribution in [1.29, 1.82) is 0 Å². The Morgan fingerprint density at radius 3 is 2.74 bits per heavy atom. The lowest BCUT2D eigenvalue weighted by Crippen LogP contribution is -2.45. The summed E-state index contributed by atoms with van der Waals surface area (Å²) in [6, 6.07) is 0. The molecule has 1 heterocycles. The maximum Gasteiger partial charge on any atom is 0.306 e. The molecule has 1 unspecified atom stereocenters. The van der Waals surface area contributed by atoms with Crippen molar-refractivity contribution in [3.05, 3.63) is 0 Å². The minimum Gasteiger partial charge on any atom is -0.462 e. The van der Waals surface area contributed by atoms with Gasteiger partial charge in [0.05, 0.1) is 5.60 Å². The molecule has 2 N–H and O–H groups in total. The highest BCUT2D eigenvalue weighted by Gasteiger charge is 2.29. The standard InChI is InChI=1S/C17H31N3O3/c1-17(10-6-12-22-17)13-20-16(18-2)19-11-5-9-15(21)23-14-7-3-4-8-14/h14H,3-13H2,1-2H3,(H2,18,19,20). The zero-order valence-corrected chi connectivity index (χ0v) is 14.5. The highest BCUT2D eigenvalue weighted by Crippen LogP contribution is 2.23. The van der Waals surface area contributed by atoms with Gasteiger partial charge in [0.25, 0.3) is 0 Å². The molecule has 2 fully saturated rings. The van der Waals surface area contributed by atoms with Crippen molar-refractivity contribution in [1.82, 2.24) is 10.6 Å². The Morgan fingerprint density at radius 1 is 1.30 bits per heavy atom. The third kappa shape index (κ3) is 6.37. The average Bonchev–Trinajstić information content (AvgIpc) is 3.19. The van der Waals surface area contributed by atoms with Crippen LogP contribution in [0.4, 0.5) is 0 Å². The van der Waals surface area contributed by atoms with E-state index in [1.807, 2.05) is 0 Å². The summed E-state index contributed by atoms with van der Waals surface area (Å²) in [7, 11) is 1.75. The normalized spacial score (nSPS) is 25.6. The zero-order valence-electron chi connectivity index (χ0n) is 14.5. The number of carbonyl (C=O) groups is 1. The molecule has 0 bridgehead atoms. The summed E-state index contributed by atoms with van der Waals surface area (Å²) in [5.41, 5.74) is -0.0945. The van der Waals surface area contributed by atoms with Crippen molar-refractivity contribution >= 4 is 11.9 Å². The van der Waals surface area contributed by atoms with Crippen molar-refractivity contribution in [3.8, 4) is 0 Å². The van der Waals surface area contributed by atoms with Crippen molar-refractivity contribution in [3.63, 3.8) is 0 Å². The average molecular weight is 325 g/mol. The molecule has 1 aliphatic heterocycles. The first-order valence-electron chi connectivity index (χ1n) is 8.89. The Labute approximate surface area is 139 Å². The maximum absolute atomic E-state index is 11.7. The van der Waals surface area contributed by atoms with E-state index in [1.54, 1.807) is 7.05 Å². The van der Waals surface area contributed by atoms with Gasteiger partial charge in [-0.1, -0.05) is 0 Å². The van der Waals surface area contributed by atoms with Gasteiger partial charge >= 0.3 is 5.97 Å². The first-order chi connectivity index (χ1) is 11.1. The third-order valence-corrected chi connectivity index (χ3v) is 4.60. The van der Waals surface area contributed by atoms with Crippen LogP contribution in [0.5, 0.6) is 0 Å². The molecule has 6 nitrogen and oxygen atoms in total. The number of guanidine groups is 1. The molecule has 2 aliphatic rings. The topological polar surface area (TPSA) is 72.0 Å². The van der Waals surface area contributed by atoms with Gasteiger partial charge in [-0.15, -0.1) is 0 Å². The van der Waals surface area contributed by atoms with Crippen molar-refractivity contribution in [2.75, 3.05) is 26.7 Å². The molecule has 2 rings (SSSR count). The molecule has 23 heavy (non-hydrogen) atoms. The molecule has 0 spiro atoms. The van der Waals surface area contributed by atoms with Crippen LogP contribution >= 0.6 is 0 Å². The number of ether oxygens (including phenoxy) is 2. The Hall–Kier alpha value is -1.30. The number of nitrogens with one attached hydrogen (secondary N) is 2. The molecule has 1 saturated heterocycles. The lowest BCUT2D eigenvalue weighted by molar-refractivity contribution is -0.148. The molecular formula is C17H31N3O3. The van der Waals surface area contributed by atoms with Crippen LogP contribution in [0.1, 0.15) is 58.3 Å². The number of carbonyl (C=O) groups excluding carboxylic acids is 1. The van der Waals surface area contributed by atoms with E-state index in [4.69, 9.17) is 9.47 Å². The van der Waals surface area contributed by atoms with Crippen molar-refractivity contribution in [2.24, 2.45) is 4.99 Å². The molecule has 0 aromatic heterocycles. The van der Waals surface area contributed by atoms with Crippen LogP contribution in [0.15, 0.2) is 4.99 Å². The van der Waals surface area contributed by atoms with Gasteiger partial charge in [-0.05, 0) is 51.9 Å². The van der Waals surface area contributed by atoms with E-state index in [2.05, 4.69) is 22.5 Å². The van der Waals surface area contributed by atoms with E-state index in [1.165, 1.54) is 12.8 Å². The summed E-state index contributed by atoms with van der Waals surface area (Å²) in [4.78, 5) is 15.9. The Balaban J connectivity index is 1.55. The van der Waals surface area contributed by atoms with Gasteiger partial charge in [0, 0.05) is 33.2 Å². The maximum atomic E-state index is 11.7. The van der Waals surface area contributed by atoms with Crippen molar-refractivity contribution in [2.45, 2.75) is 70.0 Å². The monoisotopic (exact) mass is 325 g/mol. The second-order valence-corrected chi connectivity index (χ2v) is 6.75. The van der Waals surface area contributed by atoms with Crippen LogP contribution in [-0.2, 0) is 14.3 Å². The lowest BCUT2D eigenvalue weighted by Gasteiger charge is -2.24. The van der Waals surface area contributed by atoms with Crippen LogP contribution in [-0.4, -0.2) is 50.4 Å². The summed E-state index contributed by atoms with van der Waals surface area (Å²) in [5, 5.41) is 6.53. The zero-order chi connectivity index (χ0) is 16.5. The fourth-order valence-corrected chi connectivity index (χ4v) is 3.16. The van der Waals surface area contributed by atoms with Gasteiger partial charge in [-0.2, -0.15) is 0 Å². The van der Waals surface area contributed by atoms with E-state index >= 15 is 0 Å². The molecule has 0 radical (unpaired) electrons. The molecule has 0 aromatic rings. The third-order valence-electron chi connectivity index (χ3n) is 4.60. The Bertz CT molecular complexity index is 400. The van der Waals surface area contributed by atoms with Crippen LogP contribution in [0, 0.1) is 0 Å². The summed E-state index contributed by atoms with van der Waals surface area (Å²) < 4.78 is 11.2. The quantitative estimate of drug-likeness (QED) is 0.324. The second kappa shape index (κ2) is 9.11. The fourth-order valence-electron chi connectivity index (χ4n) is 3.16. The van der Waals surface area contributed by atoms with Crippen LogP contribution in [0.25, 0.3) is 0 Å². The summed E-state index contributed by atoms with van der Waals surface area (Å²) in [5.74, 6) is 0.680. The number of hydrogen-bond donors (Lipinski definition) is 2. The van der Waals surface area contributed by atoms with Gasteiger partial charge in [0.2, 0.25) is 0 Å². The fraction of sp³-hybridized carbons (Fsp3) is 0.882. The minimum atomic E-state index is -0.0945.